The first-order valence-corrected chi connectivity index (χ1v) is 5.26. The second-order valence-corrected chi connectivity index (χ2v) is 3.99. The van der Waals surface area contributed by atoms with Gasteiger partial charge in [0.05, 0.1) is 0 Å². The molecule has 0 aliphatic heterocycles. The van der Waals surface area contributed by atoms with Crippen LogP contribution < -0.4 is 0 Å². The fourth-order valence-electron chi connectivity index (χ4n) is 1.52. The van der Waals surface area contributed by atoms with Crippen LogP contribution in [0.1, 0.15) is 25.8 Å². The van der Waals surface area contributed by atoms with Crippen LogP contribution in [0.3, 0.4) is 0 Å². The molecule has 14 heavy (non-hydrogen) atoms. The maximum atomic E-state index is 11.2. The summed E-state index contributed by atoms with van der Waals surface area (Å²) < 4.78 is 0. The number of benzene rings is 1. The minimum atomic E-state index is 0.133. The van der Waals surface area contributed by atoms with Crippen molar-refractivity contribution in [2.24, 2.45) is 5.92 Å². The average Bonchev–Trinajstić information content (AvgIpc) is 2.14. The SMILES string of the molecule is CCC(Cc1cccc(Cl)c1)C(C)=O. The number of hydrogen-bond donors (Lipinski definition) is 0. The summed E-state index contributed by atoms with van der Waals surface area (Å²) in [6.45, 7) is 3.69. The lowest BCUT2D eigenvalue weighted by Gasteiger charge is -2.10. The molecule has 76 valence electrons. The Hall–Kier alpha value is -0.820. The van der Waals surface area contributed by atoms with Gasteiger partial charge in [-0.1, -0.05) is 30.7 Å². The summed E-state index contributed by atoms with van der Waals surface area (Å²) in [5, 5.41) is 0.737. The smallest absolute Gasteiger partial charge is 0.133 e. The number of halogens is 1. The molecule has 0 radical (unpaired) electrons. The molecule has 0 N–H and O–H groups in total. The molecule has 0 saturated heterocycles. The molecule has 1 unspecified atom stereocenters. The Labute approximate surface area is 90.1 Å². The van der Waals surface area contributed by atoms with E-state index in [1.165, 1.54) is 0 Å². The highest BCUT2D eigenvalue weighted by Gasteiger charge is 2.12. The molecule has 0 heterocycles. The summed E-state index contributed by atoms with van der Waals surface area (Å²) >= 11 is 5.87. The van der Waals surface area contributed by atoms with Crippen molar-refractivity contribution < 1.29 is 4.79 Å². The van der Waals surface area contributed by atoms with Crippen molar-refractivity contribution in [1.82, 2.24) is 0 Å². The zero-order chi connectivity index (χ0) is 10.6. The van der Waals surface area contributed by atoms with Gasteiger partial charge in [-0.05, 0) is 37.5 Å². The van der Waals surface area contributed by atoms with Gasteiger partial charge in [-0.2, -0.15) is 0 Å². The maximum Gasteiger partial charge on any atom is 0.133 e. The van der Waals surface area contributed by atoms with Crippen LogP contribution in [0.15, 0.2) is 24.3 Å². The van der Waals surface area contributed by atoms with E-state index < -0.39 is 0 Å². The molecule has 0 spiro atoms. The summed E-state index contributed by atoms with van der Waals surface area (Å²) in [6.07, 6.45) is 1.69. The second-order valence-electron chi connectivity index (χ2n) is 3.55. The highest BCUT2D eigenvalue weighted by Crippen LogP contribution is 2.16. The fourth-order valence-corrected chi connectivity index (χ4v) is 1.74. The summed E-state index contributed by atoms with van der Waals surface area (Å²) in [5.41, 5.74) is 1.14. The Morgan fingerprint density at radius 3 is 2.71 bits per heavy atom. The zero-order valence-electron chi connectivity index (χ0n) is 8.59. The van der Waals surface area contributed by atoms with Crippen molar-refractivity contribution >= 4 is 17.4 Å². The number of ketones is 1. The van der Waals surface area contributed by atoms with Gasteiger partial charge in [-0.25, -0.2) is 0 Å². The van der Waals surface area contributed by atoms with Crippen molar-refractivity contribution in [1.29, 1.82) is 0 Å². The molecule has 0 saturated carbocycles. The van der Waals surface area contributed by atoms with E-state index in [1.54, 1.807) is 6.92 Å². The van der Waals surface area contributed by atoms with Gasteiger partial charge in [0.15, 0.2) is 0 Å². The molecule has 1 rings (SSSR count). The summed E-state index contributed by atoms with van der Waals surface area (Å²) in [6, 6.07) is 7.70. The molecule has 1 atom stereocenters. The summed E-state index contributed by atoms with van der Waals surface area (Å²) in [7, 11) is 0. The van der Waals surface area contributed by atoms with E-state index in [2.05, 4.69) is 0 Å². The van der Waals surface area contributed by atoms with Crippen LogP contribution in [-0.2, 0) is 11.2 Å². The van der Waals surface area contributed by atoms with E-state index in [-0.39, 0.29) is 11.7 Å². The molecule has 0 fully saturated rings. The largest absolute Gasteiger partial charge is 0.300 e. The van der Waals surface area contributed by atoms with Crippen LogP contribution in [0.2, 0.25) is 5.02 Å². The molecule has 2 heteroatoms. The highest BCUT2D eigenvalue weighted by atomic mass is 35.5. The normalized spacial score (nSPS) is 12.5. The Balaban J connectivity index is 2.72. The van der Waals surface area contributed by atoms with Gasteiger partial charge in [0.2, 0.25) is 0 Å². The van der Waals surface area contributed by atoms with E-state index in [0.717, 1.165) is 23.4 Å². The molecule has 0 bridgehead atoms. The number of rotatable bonds is 4. The van der Waals surface area contributed by atoms with Gasteiger partial charge in [0.25, 0.3) is 0 Å². The third-order valence-electron chi connectivity index (χ3n) is 2.44. The van der Waals surface area contributed by atoms with Gasteiger partial charge in [-0.15, -0.1) is 0 Å². The molecule has 0 aliphatic carbocycles. The molecular formula is C12H15ClO. The van der Waals surface area contributed by atoms with E-state index >= 15 is 0 Å². The number of carbonyl (C=O) groups excluding carboxylic acids is 1. The standard InChI is InChI=1S/C12H15ClO/c1-3-11(9(2)14)7-10-5-4-6-12(13)8-10/h4-6,8,11H,3,7H2,1-2H3. The Morgan fingerprint density at radius 1 is 1.50 bits per heavy atom. The lowest BCUT2D eigenvalue weighted by Crippen LogP contribution is -2.12. The zero-order valence-corrected chi connectivity index (χ0v) is 9.34. The van der Waals surface area contributed by atoms with E-state index in [0.29, 0.717) is 0 Å². The Morgan fingerprint density at radius 2 is 2.21 bits per heavy atom. The molecule has 1 aromatic carbocycles. The van der Waals surface area contributed by atoms with Crippen molar-refractivity contribution in [2.45, 2.75) is 26.7 Å². The second kappa shape index (κ2) is 5.16. The van der Waals surface area contributed by atoms with E-state index in [1.807, 2.05) is 31.2 Å². The van der Waals surface area contributed by atoms with Crippen LogP contribution in [0.4, 0.5) is 0 Å². The monoisotopic (exact) mass is 210 g/mol. The van der Waals surface area contributed by atoms with Crippen molar-refractivity contribution in [3.63, 3.8) is 0 Å². The molecule has 0 amide bonds. The molecule has 1 aromatic rings. The predicted octanol–water partition coefficient (Wildman–Crippen LogP) is 3.50. The Kier molecular flexibility index (Phi) is 4.15. The lowest BCUT2D eigenvalue weighted by molar-refractivity contribution is -0.120. The fraction of sp³-hybridized carbons (Fsp3) is 0.417. The minimum absolute atomic E-state index is 0.133. The molecule has 0 aliphatic rings. The van der Waals surface area contributed by atoms with Crippen LogP contribution in [-0.4, -0.2) is 5.78 Å². The van der Waals surface area contributed by atoms with Crippen molar-refractivity contribution in [3.05, 3.63) is 34.9 Å². The number of carbonyl (C=O) groups is 1. The first kappa shape index (κ1) is 11.3. The van der Waals surface area contributed by atoms with Crippen LogP contribution in [0.5, 0.6) is 0 Å². The Bertz CT molecular complexity index is 320. The number of Topliss-reactive ketones (excluding diaryl/α,β-unsaturated/α-hetero) is 1. The van der Waals surface area contributed by atoms with E-state index in [4.69, 9.17) is 11.6 Å². The third-order valence-corrected chi connectivity index (χ3v) is 2.67. The summed E-state index contributed by atoms with van der Waals surface area (Å²) in [5.74, 6) is 0.390. The van der Waals surface area contributed by atoms with Gasteiger partial charge in [0, 0.05) is 10.9 Å². The first-order valence-electron chi connectivity index (χ1n) is 4.88. The van der Waals surface area contributed by atoms with E-state index in [9.17, 15) is 4.79 Å². The molecular weight excluding hydrogens is 196 g/mol. The average molecular weight is 211 g/mol. The predicted molar refractivity (Wildman–Crippen MR) is 59.6 cm³/mol. The minimum Gasteiger partial charge on any atom is -0.300 e. The van der Waals surface area contributed by atoms with Crippen LogP contribution in [0.25, 0.3) is 0 Å². The van der Waals surface area contributed by atoms with Gasteiger partial charge >= 0.3 is 0 Å². The van der Waals surface area contributed by atoms with Crippen LogP contribution >= 0.6 is 11.6 Å². The van der Waals surface area contributed by atoms with Gasteiger partial charge in [0.1, 0.15) is 5.78 Å². The van der Waals surface area contributed by atoms with Crippen molar-refractivity contribution in [2.75, 3.05) is 0 Å². The third kappa shape index (κ3) is 3.15. The lowest BCUT2D eigenvalue weighted by atomic mass is 9.94. The van der Waals surface area contributed by atoms with Crippen molar-refractivity contribution in [3.8, 4) is 0 Å². The van der Waals surface area contributed by atoms with Gasteiger partial charge in [-0.3, -0.25) is 4.79 Å². The molecule has 0 aromatic heterocycles. The number of hydrogen-bond acceptors (Lipinski definition) is 1. The molecule has 1 nitrogen and oxygen atoms in total. The summed E-state index contributed by atoms with van der Waals surface area (Å²) in [4.78, 5) is 11.2. The first-order chi connectivity index (χ1) is 6.63. The van der Waals surface area contributed by atoms with Crippen LogP contribution in [0, 0.1) is 5.92 Å². The van der Waals surface area contributed by atoms with Gasteiger partial charge < -0.3 is 0 Å². The quantitative estimate of drug-likeness (QED) is 0.744. The maximum absolute atomic E-state index is 11.2. The highest BCUT2D eigenvalue weighted by molar-refractivity contribution is 6.30. The topological polar surface area (TPSA) is 17.1 Å².